The van der Waals surface area contributed by atoms with Crippen LogP contribution in [-0.4, -0.2) is 23.3 Å². The van der Waals surface area contributed by atoms with E-state index in [-0.39, 0.29) is 18.3 Å². The molecule has 0 radical (unpaired) electrons. The van der Waals surface area contributed by atoms with Gasteiger partial charge in [-0.1, -0.05) is 19.4 Å². The van der Waals surface area contributed by atoms with Crippen molar-refractivity contribution in [3.05, 3.63) is 11.6 Å². The molecular weight excluding hydrogens is 348 g/mol. The van der Waals surface area contributed by atoms with Crippen LogP contribution >= 0.6 is 0 Å². The molecule has 154 valence electrons. The van der Waals surface area contributed by atoms with Crippen LogP contribution in [0.15, 0.2) is 11.6 Å². The molecule has 0 aromatic carbocycles. The van der Waals surface area contributed by atoms with Gasteiger partial charge >= 0.3 is 0 Å². The zero-order valence-corrected chi connectivity index (χ0v) is 17.7. The van der Waals surface area contributed by atoms with Gasteiger partial charge in [0.2, 0.25) is 0 Å². The molecule has 4 saturated carbocycles. The average Bonchev–Trinajstić information content (AvgIpc) is 3.42. The molecule has 0 heterocycles. The van der Waals surface area contributed by atoms with Crippen molar-refractivity contribution in [1.82, 2.24) is 0 Å². The number of hydrogen-bond donors (Lipinski definition) is 1. The van der Waals surface area contributed by atoms with E-state index in [4.69, 9.17) is 0 Å². The lowest BCUT2D eigenvalue weighted by atomic mass is 9.45. The first-order valence-electron chi connectivity index (χ1n) is 11.6. The van der Waals surface area contributed by atoms with E-state index < -0.39 is 0 Å². The number of ketones is 2. The fourth-order valence-corrected chi connectivity index (χ4v) is 8.89. The summed E-state index contributed by atoms with van der Waals surface area (Å²) in [6.07, 6.45) is 10.4. The largest absolute Gasteiger partial charge is 0.396 e. The molecule has 3 heteroatoms. The first-order chi connectivity index (χ1) is 13.3. The van der Waals surface area contributed by atoms with Crippen molar-refractivity contribution in [2.45, 2.75) is 72.1 Å². The van der Waals surface area contributed by atoms with E-state index in [1.807, 2.05) is 6.08 Å². The van der Waals surface area contributed by atoms with E-state index >= 15 is 0 Å². The molecule has 5 rings (SSSR count). The molecule has 6 unspecified atom stereocenters. The van der Waals surface area contributed by atoms with Crippen molar-refractivity contribution in [2.24, 2.45) is 52.3 Å². The van der Waals surface area contributed by atoms with Crippen molar-refractivity contribution in [3.63, 3.8) is 0 Å². The molecule has 0 amide bonds. The van der Waals surface area contributed by atoms with Crippen molar-refractivity contribution in [2.75, 3.05) is 6.61 Å². The minimum Gasteiger partial charge on any atom is -0.396 e. The number of rotatable bonds is 4. The van der Waals surface area contributed by atoms with Gasteiger partial charge in [0.25, 0.3) is 0 Å². The normalized spacial score (nSPS) is 51.5. The maximum absolute atomic E-state index is 12.1. The van der Waals surface area contributed by atoms with Gasteiger partial charge < -0.3 is 9.90 Å². The summed E-state index contributed by atoms with van der Waals surface area (Å²) in [5.41, 5.74) is 1.92. The summed E-state index contributed by atoms with van der Waals surface area (Å²) in [4.78, 5) is 23.8. The van der Waals surface area contributed by atoms with Gasteiger partial charge in [-0.25, -0.2) is 0 Å². The van der Waals surface area contributed by atoms with Crippen LogP contribution in [0.5, 0.6) is 0 Å². The molecule has 1 N–H and O–H groups in total. The van der Waals surface area contributed by atoms with E-state index in [1.54, 1.807) is 6.92 Å². The zero-order chi connectivity index (χ0) is 19.8. The molecule has 0 aliphatic heterocycles. The Kier molecular flexibility index (Phi) is 4.26. The number of aliphatic hydroxyl groups excluding tert-OH is 1. The number of hydrogen-bond acceptors (Lipinski definition) is 3. The topological polar surface area (TPSA) is 54.4 Å². The van der Waals surface area contributed by atoms with Crippen LogP contribution in [0.3, 0.4) is 0 Å². The Labute approximate surface area is 169 Å². The molecular formula is C25H36O3. The van der Waals surface area contributed by atoms with E-state index in [1.165, 1.54) is 24.8 Å². The quantitative estimate of drug-likeness (QED) is 0.772. The molecule has 9 atom stereocenters. The monoisotopic (exact) mass is 384 g/mol. The molecule has 4 fully saturated rings. The molecule has 28 heavy (non-hydrogen) atoms. The number of Topliss-reactive ketones (excluding diaryl/α,β-unsaturated/α-hetero) is 1. The van der Waals surface area contributed by atoms with E-state index in [2.05, 4.69) is 13.8 Å². The zero-order valence-electron chi connectivity index (χ0n) is 17.7. The van der Waals surface area contributed by atoms with Crippen LogP contribution in [0, 0.1) is 52.3 Å². The Morgan fingerprint density at radius 2 is 1.96 bits per heavy atom. The van der Waals surface area contributed by atoms with Crippen LogP contribution in [0.4, 0.5) is 0 Å². The number of fused-ring (bicyclic) bond motifs is 7. The molecule has 3 nitrogen and oxygen atoms in total. The summed E-state index contributed by atoms with van der Waals surface area (Å²) in [6, 6.07) is 0. The summed E-state index contributed by atoms with van der Waals surface area (Å²) in [7, 11) is 0. The summed E-state index contributed by atoms with van der Waals surface area (Å²) >= 11 is 0. The predicted octanol–water partition coefficient (Wildman–Crippen LogP) is 4.58. The lowest BCUT2D eigenvalue weighted by Gasteiger charge is -2.59. The summed E-state index contributed by atoms with van der Waals surface area (Å²) in [6.45, 7) is 6.98. The van der Waals surface area contributed by atoms with E-state index in [9.17, 15) is 14.7 Å². The Hall–Kier alpha value is -0.960. The third-order valence-electron chi connectivity index (χ3n) is 10.4. The molecule has 0 spiro atoms. The van der Waals surface area contributed by atoms with Crippen LogP contribution in [-0.2, 0) is 9.59 Å². The van der Waals surface area contributed by atoms with Crippen LogP contribution in [0.1, 0.15) is 72.1 Å². The molecule has 0 aromatic heterocycles. The van der Waals surface area contributed by atoms with Crippen molar-refractivity contribution >= 4 is 11.6 Å². The first-order valence-corrected chi connectivity index (χ1v) is 11.6. The van der Waals surface area contributed by atoms with Gasteiger partial charge in [0.05, 0.1) is 0 Å². The first kappa shape index (κ1) is 19.0. The third kappa shape index (κ3) is 2.44. The minimum absolute atomic E-state index is 0.192. The van der Waals surface area contributed by atoms with Gasteiger partial charge in [-0.05, 0) is 97.9 Å². The van der Waals surface area contributed by atoms with Gasteiger partial charge in [0, 0.05) is 25.4 Å². The summed E-state index contributed by atoms with van der Waals surface area (Å²) in [5, 5.41) is 10.1. The van der Waals surface area contributed by atoms with Crippen LogP contribution in [0.25, 0.3) is 0 Å². The highest BCUT2D eigenvalue weighted by molar-refractivity contribution is 5.91. The molecule has 0 aromatic rings. The van der Waals surface area contributed by atoms with Crippen molar-refractivity contribution in [1.29, 1.82) is 0 Å². The van der Waals surface area contributed by atoms with Crippen LogP contribution in [0.2, 0.25) is 0 Å². The predicted molar refractivity (Wildman–Crippen MR) is 108 cm³/mol. The highest BCUT2D eigenvalue weighted by Gasteiger charge is 2.73. The Morgan fingerprint density at radius 1 is 1.18 bits per heavy atom. The number of aliphatic hydroxyl groups is 1. The van der Waals surface area contributed by atoms with Gasteiger partial charge in [-0.2, -0.15) is 0 Å². The SMILES string of the molecule is CC(=O)CCC1(C)[C@@H]2C[C@@H]2C2C3CC(CO)C4=CC(=O)CCC4C3CC[C@@]21C. The summed E-state index contributed by atoms with van der Waals surface area (Å²) < 4.78 is 0. The second kappa shape index (κ2) is 6.27. The highest BCUT2D eigenvalue weighted by Crippen LogP contribution is 2.80. The second-order valence-corrected chi connectivity index (χ2v) is 11.3. The average molecular weight is 385 g/mol. The Bertz CT molecular complexity index is 738. The molecule has 5 aliphatic carbocycles. The maximum Gasteiger partial charge on any atom is 0.155 e. The van der Waals surface area contributed by atoms with Crippen LogP contribution < -0.4 is 0 Å². The smallest absolute Gasteiger partial charge is 0.155 e. The molecule has 0 bridgehead atoms. The summed E-state index contributed by atoms with van der Waals surface area (Å²) in [5.74, 6) is 5.11. The Balaban J connectivity index is 1.48. The second-order valence-electron chi connectivity index (χ2n) is 11.3. The molecule has 5 aliphatic rings. The van der Waals surface area contributed by atoms with Gasteiger partial charge in [0.1, 0.15) is 5.78 Å². The fraction of sp³-hybridized carbons (Fsp3) is 0.840. The lowest BCUT2D eigenvalue weighted by molar-refractivity contribution is -0.121. The van der Waals surface area contributed by atoms with Gasteiger partial charge in [0.15, 0.2) is 5.78 Å². The number of carbonyl (C=O) groups is 2. The Morgan fingerprint density at radius 3 is 2.68 bits per heavy atom. The minimum atomic E-state index is 0.192. The standard InChI is InChI=1S/C25H36O3/c1-14(27)6-8-24(2)22-12-21(22)23-20-10-15(13-26)19-11-16(28)4-5-17(19)18(20)7-9-25(23,24)3/h11,15,17-18,20-23,26H,4-10,12-13H2,1-3H3/t15?,17?,18?,20?,21-,22+,23?,24?,25-/m0/s1. The van der Waals surface area contributed by atoms with Gasteiger partial charge in [-0.15, -0.1) is 0 Å². The van der Waals surface area contributed by atoms with Crippen molar-refractivity contribution in [3.8, 4) is 0 Å². The van der Waals surface area contributed by atoms with E-state index in [0.29, 0.717) is 40.8 Å². The van der Waals surface area contributed by atoms with Gasteiger partial charge in [-0.3, -0.25) is 4.79 Å². The number of carbonyl (C=O) groups excluding carboxylic acids is 2. The third-order valence-corrected chi connectivity index (χ3v) is 10.4. The van der Waals surface area contributed by atoms with Crippen molar-refractivity contribution < 1.29 is 14.7 Å². The van der Waals surface area contributed by atoms with E-state index in [0.717, 1.165) is 43.4 Å². The fourth-order valence-electron chi connectivity index (χ4n) is 8.89. The molecule has 0 saturated heterocycles. The highest BCUT2D eigenvalue weighted by atomic mass is 16.3. The lowest BCUT2D eigenvalue weighted by Crippen LogP contribution is -2.52. The maximum atomic E-state index is 12.1.